The van der Waals surface area contributed by atoms with Crippen LogP contribution >= 0.6 is 0 Å². The van der Waals surface area contributed by atoms with Crippen molar-refractivity contribution in [2.45, 2.75) is 16.7 Å². The second kappa shape index (κ2) is 11.3. The summed E-state index contributed by atoms with van der Waals surface area (Å²) in [4.78, 5) is -0.790. The minimum absolute atomic E-state index is 0. The smallest absolute Gasteiger partial charge is 0.872 e. The Morgan fingerprint density at radius 3 is 2.24 bits per heavy atom. The number of nitrogens with zero attached hydrogens (tertiary/aromatic N) is 3. The fourth-order valence-electron chi connectivity index (χ4n) is 3.78. The van der Waals surface area contributed by atoms with E-state index in [1.165, 1.54) is 34.6 Å². The number of nitrogens with two attached hydrogens (primary N) is 2. The molecule has 0 atom stereocenters. The van der Waals surface area contributed by atoms with Crippen molar-refractivity contribution in [2.24, 2.45) is 10.2 Å². The average Bonchev–Trinajstić information content (AvgIpc) is 2.84. The molecule has 0 aromatic heterocycles. The van der Waals surface area contributed by atoms with Crippen LogP contribution in [0.5, 0.6) is 5.75 Å². The number of fused-ring (bicyclic) bond motifs is 1. The maximum Gasteiger partial charge on any atom is 1.00 e. The average molecular weight is 564 g/mol. The molecule has 0 radical (unpaired) electrons. The zero-order valence-corrected chi connectivity index (χ0v) is 24.1. The Kier molecular flexibility index (Phi) is 8.71. The topological polar surface area (TPSA) is 192 Å². The first kappa shape index (κ1) is 29.4. The van der Waals surface area contributed by atoms with Crippen LogP contribution in [-0.2, 0) is 20.1 Å². The number of nitrogen functional groups attached to an aromatic ring is 2. The van der Waals surface area contributed by atoms with E-state index in [4.69, 9.17) is 11.5 Å². The molecule has 0 aliphatic carbocycles. The maximum absolute atomic E-state index is 13.6. The van der Waals surface area contributed by atoms with E-state index in [0.717, 1.165) is 12.1 Å². The van der Waals surface area contributed by atoms with Crippen LogP contribution < -0.4 is 50.4 Å². The van der Waals surface area contributed by atoms with Crippen LogP contribution in [0.2, 0.25) is 0 Å². The number of benzene rings is 4. The third-order valence-corrected chi connectivity index (χ3v) is 8.26. The second-order valence-corrected chi connectivity index (χ2v) is 11.2. The van der Waals surface area contributed by atoms with E-state index >= 15 is 0 Å². The van der Waals surface area contributed by atoms with E-state index in [2.05, 4.69) is 10.2 Å². The largest absolute Gasteiger partial charge is 1.00 e. The standard InChI is InChI=1S/C24H23N5O6S2.Na/c1-2-29(17-6-4-3-5-7-17)36(31,32)22-13-16(25)9-11-20(22)27-28-24-19(26)10-8-15-12-18(37(33,34)35)14-21(30)23(15)24;/h3-14,30H,2,25-26H2,1H3,(H,33,34,35);/q;+1/p-1. The number of anilines is 3. The summed E-state index contributed by atoms with van der Waals surface area (Å²) >= 11 is 0. The molecule has 0 unspecified atom stereocenters. The van der Waals surface area contributed by atoms with E-state index in [1.807, 2.05) is 0 Å². The van der Waals surface area contributed by atoms with Gasteiger partial charge in [-0.2, -0.15) is 8.42 Å². The van der Waals surface area contributed by atoms with E-state index in [9.17, 15) is 26.5 Å². The fraction of sp³-hybridized carbons (Fsp3) is 0.0833. The van der Waals surface area contributed by atoms with Gasteiger partial charge in [-0.15, -0.1) is 10.2 Å². The molecule has 0 bridgehead atoms. The van der Waals surface area contributed by atoms with Gasteiger partial charge in [-0.1, -0.05) is 30.0 Å². The molecule has 192 valence electrons. The van der Waals surface area contributed by atoms with Crippen molar-refractivity contribution in [1.29, 1.82) is 0 Å². The summed E-state index contributed by atoms with van der Waals surface area (Å²) in [5.41, 5.74) is 12.5. The Bertz CT molecular complexity index is 1750. The monoisotopic (exact) mass is 563 g/mol. The third kappa shape index (κ3) is 5.77. The molecule has 0 aliphatic heterocycles. The molecule has 0 amide bonds. The van der Waals surface area contributed by atoms with Crippen molar-refractivity contribution < 1.29 is 56.1 Å². The van der Waals surface area contributed by atoms with E-state index < -0.39 is 30.8 Å². The van der Waals surface area contributed by atoms with Crippen molar-refractivity contribution in [2.75, 3.05) is 22.3 Å². The van der Waals surface area contributed by atoms with Crippen molar-refractivity contribution >= 4 is 59.4 Å². The van der Waals surface area contributed by atoms with Crippen LogP contribution in [0.1, 0.15) is 6.92 Å². The first-order valence-electron chi connectivity index (χ1n) is 10.8. The molecule has 0 saturated carbocycles. The zero-order chi connectivity index (χ0) is 27.0. The Morgan fingerprint density at radius 1 is 0.921 bits per heavy atom. The summed E-state index contributed by atoms with van der Waals surface area (Å²) in [6.07, 6.45) is 0. The normalized spacial score (nSPS) is 11.9. The first-order valence-corrected chi connectivity index (χ1v) is 13.7. The van der Waals surface area contributed by atoms with Crippen molar-refractivity contribution in [3.05, 3.63) is 72.8 Å². The van der Waals surface area contributed by atoms with E-state index in [1.54, 1.807) is 37.3 Å². The van der Waals surface area contributed by atoms with E-state index in [-0.39, 0.29) is 74.5 Å². The molecule has 38 heavy (non-hydrogen) atoms. The van der Waals surface area contributed by atoms with Gasteiger partial charge in [0.15, 0.2) is 0 Å². The predicted octanol–water partition coefficient (Wildman–Crippen LogP) is 0.959. The molecule has 0 spiro atoms. The molecule has 14 heteroatoms. The molecule has 0 heterocycles. The summed E-state index contributed by atoms with van der Waals surface area (Å²) in [7, 11) is -8.76. The Hall–Kier alpha value is -3.20. The zero-order valence-electron chi connectivity index (χ0n) is 20.4. The van der Waals surface area contributed by atoms with Crippen LogP contribution in [0.4, 0.5) is 28.4 Å². The second-order valence-electron chi connectivity index (χ2n) is 7.93. The Labute approximate surface area is 241 Å². The summed E-state index contributed by atoms with van der Waals surface area (Å²) in [5.74, 6) is -0.766. The third-order valence-electron chi connectivity index (χ3n) is 5.50. The molecule has 11 nitrogen and oxygen atoms in total. The molecule has 0 aliphatic rings. The van der Waals surface area contributed by atoms with Crippen molar-refractivity contribution in [3.8, 4) is 5.75 Å². The number of rotatable bonds is 7. The summed E-state index contributed by atoms with van der Waals surface area (Å²) in [5, 5.41) is 21.0. The van der Waals surface area contributed by atoms with Crippen LogP contribution in [0, 0.1) is 0 Å². The van der Waals surface area contributed by atoms with Crippen molar-refractivity contribution in [1.82, 2.24) is 0 Å². The van der Waals surface area contributed by atoms with E-state index in [0.29, 0.717) is 5.69 Å². The molecule has 0 saturated heterocycles. The summed E-state index contributed by atoms with van der Waals surface area (Å²) in [6, 6.07) is 17.2. The van der Waals surface area contributed by atoms with Gasteiger partial charge in [0.25, 0.3) is 20.1 Å². The van der Waals surface area contributed by atoms with Crippen molar-refractivity contribution in [3.63, 3.8) is 0 Å². The first-order chi connectivity index (χ1) is 17.4. The van der Waals surface area contributed by atoms with Gasteiger partial charge in [0.05, 0.1) is 16.3 Å². The quantitative estimate of drug-likeness (QED) is 0.128. The van der Waals surface area contributed by atoms with Gasteiger partial charge in [-0.3, -0.25) is 8.86 Å². The van der Waals surface area contributed by atoms with Gasteiger partial charge in [0.2, 0.25) is 0 Å². The SMILES string of the molecule is CCN(c1ccccc1)S(=O)(=O)c1cc(N)ccc1N=Nc1c(N)ccc2cc(S(=O)(=O)O)cc([O-])c12.[Na+]. The van der Waals surface area contributed by atoms with Gasteiger partial charge >= 0.3 is 29.6 Å². The predicted molar refractivity (Wildman–Crippen MR) is 139 cm³/mol. The van der Waals surface area contributed by atoms with Crippen LogP contribution in [0.15, 0.2) is 92.8 Å². The Morgan fingerprint density at radius 2 is 1.61 bits per heavy atom. The summed E-state index contributed by atoms with van der Waals surface area (Å²) < 4.78 is 60.8. The van der Waals surface area contributed by atoms with Gasteiger partial charge < -0.3 is 16.6 Å². The number of hydrogen-bond acceptors (Lipinski definition) is 9. The molecule has 5 N–H and O–H groups in total. The van der Waals surface area contributed by atoms with Gasteiger partial charge in [0, 0.05) is 17.6 Å². The molecule has 0 fully saturated rings. The van der Waals surface area contributed by atoms with Gasteiger partial charge in [-0.05, 0) is 60.8 Å². The van der Waals surface area contributed by atoms with Gasteiger partial charge in [-0.25, -0.2) is 8.42 Å². The number of hydrogen-bond donors (Lipinski definition) is 3. The van der Waals surface area contributed by atoms with Crippen LogP contribution in [0.3, 0.4) is 0 Å². The molecular weight excluding hydrogens is 541 g/mol. The molecule has 4 rings (SSSR count). The molecular formula is C24H22N5NaO6S2. The van der Waals surface area contributed by atoms with Crippen LogP contribution in [-0.4, -0.2) is 27.9 Å². The minimum Gasteiger partial charge on any atom is -0.872 e. The maximum atomic E-state index is 13.6. The molecule has 4 aromatic carbocycles. The number of para-hydroxylation sites is 1. The van der Waals surface area contributed by atoms with Gasteiger partial charge in [0.1, 0.15) is 16.3 Å². The minimum atomic E-state index is -4.62. The number of sulfonamides is 1. The number of azo groups is 1. The fourth-order valence-corrected chi connectivity index (χ4v) is 5.95. The van der Waals surface area contributed by atoms with Crippen LogP contribution in [0.25, 0.3) is 10.8 Å². The Balaban J connectivity index is 0.00000400. The summed E-state index contributed by atoms with van der Waals surface area (Å²) in [6.45, 7) is 1.81. The molecule has 4 aromatic rings.